The zero-order valence-electron chi connectivity index (χ0n) is 16.6. The molecule has 2 nitrogen and oxygen atoms in total. The first kappa shape index (κ1) is 19.4. The predicted molar refractivity (Wildman–Crippen MR) is 119 cm³/mol. The van der Waals surface area contributed by atoms with Gasteiger partial charge in [-0.2, -0.15) is 5.26 Å². The minimum atomic E-state index is -0.291. The summed E-state index contributed by atoms with van der Waals surface area (Å²) in [7, 11) is 0. The number of benzene rings is 4. The van der Waals surface area contributed by atoms with Crippen molar-refractivity contribution in [3.63, 3.8) is 0 Å². The number of nitrogens with zero attached hydrogens (tertiary/aromatic N) is 1. The Balaban J connectivity index is 1.78. The summed E-state index contributed by atoms with van der Waals surface area (Å²) in [6.07, 6.45) is 1.87. The minimum Gasteiger partial charge on any atom is -0.488 e. The molecule has 0 aliphatic rings. The third-order valence-corrected chi connectivity index (χ3v) is 4.99. The first-order chi connectivity index (χ1) is 14.6. The fourth-order valence-corrected chi connectivity index (χ4v) is 3.40. The molecule has 3 heteroatoms. The van der Waals surface area contributed by atoms with E-state index in [1.807, 2.05) is 79.7 Å². The second-order valence-corrected chi connectivity index (χ2v) is 7.15. The number of aryl methyl sites for hydroxylation is 1. The Kier molecular flexibility index (Phi) is 5.59. The number of halogens is 1. The summed E-state index contributed by atoms with van der Waals surface area (Å²) in [5.41, 5.74) is 4.13. The maximum absolute atomic E-state index is 13.5. The van der Waals surface area contributed by atoms with Crippen molar-refractivity contribution in [1.29, 1.82) is 5.26 Å². The average Bonchev–Trinajstić information content (AvgIpc) is 2.77. The molecule has 0 bridgehead atoms. The summed E-state index contributed by atoms with van der Waals surface area (Å²) in [6.45, 7) is 2.26. The second-order valence-electron chi connectivity index (χ2n) is 7.15. The summed E-state index contributed by atoms with van der Waals surface area (Å²) in [6, 6.07) is 28.4. The molecule has 0 saturated carbocycles. The Labute approximate surface area is 175 Å². The van der Waals surface area contributed by atoms with Crippen LogP contribution in [0.1, 0.15) is 22.3 Å². The van der Waals surface area contributed by atoms with Crippen LogP contribution in [0.25, 0.3) is 22.4 Å². The van der Waals surface area contributed by atoms with E-state index < -0.39 is 0 Å². The van der Waals surface area contributed by atoms with Gasteiger partial charge in [0, 0.05) is 5.56 Å². The number of ether oxygens (including phenoxy) is 1. The Bertz CT molecular complexity index is 1270. The number of rotatable bonds is 5. The second kappa shape index (κ2) is 8.63. The van der Waals surface area contributed by atoms with Crippen LogP contribution in [0.15, 0.2) is 84.9 Å². The molecule has 0 aliphatic carbocycles. The highest BCUT2D eigenvalue weighted by atomic mass is 19.1. The van der Waals surface area contributed by atoms with Gasteiger partial charge >= 0.3 is 0 Å². The van der Waals surface area contributed by atoms with E-state index in [9.17, 15) is 9.65 Å². The molecular formula is C27H20FNO. The van der Waals surface area contributed by atoms with Crippen molar-refractivity contribution < 1.29 is 9.13 Å². The van der Waals surface area contributed by atoms with Gasteiger partial charge in [-0.25, -0.2) is 4.39 Å². The normalized spacial score (nSPS) is 11.3. The molecule has 0 radical (unpaired) electrons. The van der Waals surface area contributed by atoms with Crippen molar-refractivity contribution >= 4 is 22.4 Å². The van der Waals surface area contributed by atoms with Crippen molar-refractivity contribution in [3.05, 3.63) is 113 Å². The summed E-state index contributed by atoms with van der Waals surface area (Å²) in [5.74, 6) is 0.360. The third kappa shape index (κ3) is 4.24. The molecule has 146 valence electrons. The molecule has 0 amide bonds. The lowest BCUT2D eigenvalue weighted by molar-refractivity contribution is 0.305. The van der Waals surface area contributed by atoms with Crippen LogP contribution in [0.2, 0.25) is 0 Å². The minimum absolute atomic E-state index is 0.239. The van der Waals surface area contributed by atoms with Crippen molar-refractivity contribution in [2.75, 3.05) is 0 Å². The van der Waals surface area contributed by atoms with Gasteiger partial charge in [-0.05, 0) is 53.1 Å². The molecule has 4 aromatic carbocycles. The van der Waals surface area contributed by atoms with Gasteiger partial charge in [0.25, 0.3) is 0 Å². The first-order valence-electron chi connectivity index (χ1n) is 9.72. The van der Waals surface area contributed by atoms with Crippen LogP contribution in [-0.2, 0) is 6.61 Å². The number of nitriles is 1. The highest BCUT2D eigenvalue weighted by Gasteiger charge is 2.10. The molecule has 0 fully saturated rings. The van der Waals surface area contributed by atoms with Crippen molar-refractivity contribution in [2.24, 2.45) is 0 Å². The van der Waals surface area contributed by atoms with Gasteiger partial charge in [0.1, 0.15) is 18.2 Å². The Morgan fingerprint density at radius 2 is 1.77 bits per heavy atom. The van der Waals surface area contributed by atoms with Crippen molar-refractivity contribution in [1.82, 2.24) is 0 Å². The molecule has 0 aliphatic heterocycles. The lowest BCUT2D eigenvalue weighted by Gasteiger charge is -2.13. The number of hydrogen-bond donors (Lipinski definition) is 0. The molecule has 0 N–H and O–H groups in total. The molecule has 0 saturated heterocycles. The van der Waals surface area contributed by atoms with E-state index >= 15 is 0 Å². The average molecular weight is 393 g/mol. The van der Waals surface area contributed by atoms with E-state index in [4.69, 9.17) is 4.74 Å². The van der Waals surface area contributed by atoms with Gasteiger partial charge in [-0.3, -0.25) is 0 Å². The van der Waals surface area contributed by atoms with Crippen LogP contribution >= 0.6 is 0 Å². The van der Waals surface area contributed by atoms with E-state index in [0.29, 0.717) is 11.3 Å². The molecular weight excluding hydrogens is 373 g/mol. The molecule has 0 spiro atoms. The number of allylic oxidation sites excluding steroid dienone is 1. The molecule has 0 heterocycles. The SMILES string of the molecule is Cc1ccc(/C(C#N)=C/c2c(OCc3cccc(F)c3)ccc3ccccc23)cc1. The first-order valence-corrected chi connectivity index (χ1v) is 9.72. The van der Waals surface area contributed by atoms with Gasteiger partial charge in [0.05, 0.1) is 11.6 Å². The Morgan fingerprint density at radius 1 is 0.967 bits per heavy atom. The molecule has 4 rings (SSSR count). The maximum Gasteiger partial charge on any atom is 0.127 e. The topological polar surface area (TPSA) is 33.0 Å². The summed E-state index contributed by atoms with van der Waals surface area (Å²) < 4.78 is 19.6. The highest BCUT2D eigenvalue weighted by molar-refractivity contribution is 6.00. The quantitative estimate of drug-likeness (QED) is 0.272. The van der Waals surface area contributed by atoms with E-state index in [1.165, 1.54) is 12.1 Å². The van der Waals surface area contributed by atoms with Gasteiger partial charge in [-0.1, -0.05) is 72.3 Å². The van der Waals surface area contributed by atoms with Crippen LogP contribution in [0.4, 0.5) is 4.39 Å². The zero-order valence-corrected chi connectivity index (χ0v) is 16.6. The van der Waals surface area contributed by atoms with Gasteiger partial charge in [0.15, 0.2) is 0 Å². The Hall–Kier alpha value is -3.90. The lowest BCUT2D eigenvalue weighted by Crippen LogP contribution is -1.98. The predicted octanol–water partition coefficient (Wildman–Crippen LogP) is 6.93. The fourth-order valence-electron chi connectivity index (χ4n) is 3.40. The summed E-state index contributed by atoms with van der Waals surface area (Å²) >= 11 is 0. The van der Waals surface area contributed by atoms with Crippen LogP contribution in [-0.4, -0.2) is 0 Å². The highest BCUT2D eigenvalue weighted by Crippen LogP contribution is 2.32. The van der Waals surface area contributed by atoms with Gasteiger partial charge < -0.3 is 4.74 Å². The number of hydrogen-bond acceptors (Lipinski definition) is 2. The van der Waals surface area contributed by atoms with Crippen molar-refractivity contribution in [3.8, 4) is 11.8 Å². The van der Waals surface area contributed by atoms with E-state index in [2.05, 4.69) is 6.07 Å². The molecule has 30 heavy (non-hydrogen) atoms. The van der Waals surface area contributed by atoms with Gasteiger partial charge in [0.2, 0.25) is 0 Å². The van der Waals surface area contributed by atoms with Gasteiger partial charge in [-0.15, -0.1) is 0 Å². The third-order valence-electron chi connectivity index (χ3n) is 4.99. The van der Waals surface area contributed by atoms with E-state index in [0.717, 1.165) is 33.0 Å². The molecule has 4 aromatic rings. The number of fused-ring (bicyclic) bond motifs is 1. The van der Waals surface area contributed by atoms with E-state index in [-0.39, 0.29) is 12.4 Å². The summed E-state index contributed by atoms with van der Waals surface area (Å²) in [5, 5.41) is 11.9. The molecule has 0 atom stereocenters. The standard InChI is InChI=1S/C27H20FNO/c1-19-9-11-21(12-10-19)23(17-29)16-26-25-8-3-2-6-22(25)13-14-27(26)30-18-20-5-4-7-24(28)15-20/h2-16H,18H2,1H3/b23-16+. The fraction of sp³-hybridized carbons (Fsp3) is 0.0741. The van der Waals surface area contributed by atoms with Crippen LogP contribution in [0.3, 0.4) is 0 Å². The van der Waals surface area contributed by atoms with Crippen LogP contribution in [0.5, 0.6) is 5.75 Å². The smallest absolute Gasteiger partial charge is 0.127 e. The van der Waals surface area contributed by atoms with E-state index in [1.54, 1.807) is 6.07 Å². The largest absolute Gasteiger partial charge is 0.488 e. The molecule has 0 aromatic heterocycles. The monoisotopic (exact) mass is 393 g/mol. The lowest BCUT2D eigenvalue weighted by atomic mass is 9.98. The molecule has 0 unspecified atom stereocenters. The van der Waals surface area contributed by atoms with Crippen molar-refractivity contribution in [2.45, 2.75) is 13.5 Å². The summed E-state index contributed by atoms with van der Waals surface area (Å²) in [4.78, 5) is 0. The van der Waals surface area contributed by atoms with Crippen LogP contribution in [0, 0.1) is 24.1 Å². The zero-order chi connectivity index (χ0) is 20.9. The van der Waals surface area contributed by atoms with Crippen LogP contribution < -0.4 is 4.74 Å². The Morgan fingerprint density at radius 3 is 2.53 bits per heavy atom. The maximum atomic E-state index is 13.5.